The standard InChI is InChI=1S/C19H24N4O3/c1-5-15(23-10-13-8-6-7-9-14(13)18(23)24)19(25)22(4)11-16-20-17(12(2)3)26-21-16/h6-9,12,15H,5,10-11H2,1-4H3. The molecule has 0 bridgehead atoms. The minimum absolute atomic E-state index is 0.0872. The molecule has 1 aromatic heterocycles. The van der Waals surface area contributed by atoms with E-state index in [1.807, 2.05) is 45.0 Å². The van der Waals surface area contributed by atoms with Crippen molar-refractivity contribution in [3.63, 3.8) is 0 Å². The number of hydrogen-bond acceptors (Lipinski definition) is 5. The van der Waals surface area contributed by atoms with Crippen molar-refractivity contribution in [2.45, 2.75) is 52.2 Å². The second kappa shape index (κ2) is 7.27. The fourth-order valence-corrected chi connectivity index (χ4v) is 3.17. The number of hydrogen-bond donors (Lipinski definition) is 0. The highest BCUT2D eigenvalue weighted by molar-refractivity contribution is 6.01. The van der Waals surface area contributed by atoms with E-state index in [2.05, 4.69) is 10.1 Å². The third kappa shape index (κ3) is 3.34. The van der Waals surface area contributed by atoms with Crippen LogP contribution in [0.25, 0.3) is 0 Å². The lowest BCUT2D eigenvalue weighted by atomic mass is 10.1. The number of benzene rings is 1. The summed E-state index contributed by atoms with van der Waals surface area (Å²) in [4.78, 5) is 33.1. The first kappa shape index (κ1) is 18.1. The summed E-state index contributed by atoms with van der Waals surface area (Å²) in [5.74, 6) is 0.954. The van der Waals surface area contributed by atoms with E-state index in [0.29, 0.717) is 30.2 Å². The predicted octanol–water partition coefficient (Wildman–Crippen LogP) is 2.59. The molecule has 0 spiro atoms. The summed E-state index contributed by atoms with van der Waals surface area (Å²) in [6.45, 7) is 6.57. The normalized spacial score (nSPS) is 14.7. The summed E-state index contributed by atoms with van der Waals surface area (Å²) < 4.78 is 5.19. The van der Waals surface area contributed by atoms with Crippen LogP contribution in [-0.2, 0) is 17.9 Å². The van der Waals surface area contributed by atoms with Crippen LogP contribution >= 0.6 is 0 Å². The van der Waals surface area contributed by atoms with E-state index in [1.54, 1.807) is 16.8 Å². The van der Waals surface area contributed by atoms with E-state index in [-0.39, 0.29) is 24.3 Å². The van der Waals surface area contributed by atoms with Crippen molar-refractivity contribution in [2.75, 3.05) is 7.05 Å². The van der Waals surface area contributed by atoms with Crippen molar-refractivity contribution in [3.8, 4) is 0 Å². The van der Waals surface area contributed by atoms with Crippen molar-refractivity contribution in [3.05, 3.63) is 47.1 Å². The first-order chi connectivity index (χ1) is 12.4. The van der Waals surface area contributed by atoms with Crippen LogP contribution in [0.3, 0.4) is 0 Å². The largest absolute Gasteiger partial charge is 0.339 e. The van der Waals surface area contributed by atoms with Crippen molar-refractivity contribution >= 4 is 11.8 Å². The van der Waals surface area contributed by atoms with E-state index in [4.69, 9.17) is 4.52 Å². The Morgan fingerprint density at radius 1 is 1.35 bits per heavy atom. The van der Waals surface area contributed by atoms with Crippen LogP contribution in [-0.4, -0.2) is 44.8 Å². The van der Waals surface area contributed by atoms with E-state index >= 15 is 0 Å². The number of likely N-dealkylation sites (N-methyl/N-ethyl adjacent to an activating group) is 1. The number of amides is 2. The Kier molecular flexibility index (Phi) is 5.06. The summed E-state index contributed by atoms with van der Waals surface area (Å²) >= 11 is 0. The molecule has 1 aliphatic heterocycles. The maximum absolute atomic E-state index is 12.9. The summed E-state index contributed by atoms with van der Waals surface area (Å²) in [5, 5.41) is 3.93. The first-order valence-corrected chi connectivity index (χ1v) is 8.88. The van der Waals surface area contributed by atoms with E-state index < -0.39 is 6.04 Å². The van der Waals surface area contributed by atoms with Gasteiger partial charge >= 0.3 is 0 Å². The molecular weight excluding hydrogens is 332 g/mol. The minimum Gasteiger partial charge on any atom is -0.339 e. The van der Waals surface area contributed by atoms with Gasteiger partial charge in [0.15, 0.2) is 5.82 Å². The molecule has 3 rings (SSSR count). The highest BCUT2D eigenvalue weighted by atomic mass is 16.5. The van der Waals surface area contributed by atoms with Gasteiger partial charge in [0.2, 0.25) is 11.8 Å². The van der Waals surface area contributed by atoms with E-state index in [9.17, 15) is 9.59 Å². The van der Waals surface area contributed by atoms with Gasteiger partial charge in [0.25, 0.3) is 5.91 Å². The lowest BCUT2D eigenvalue weighted by Gasteiger charge is -2.29. The van der Waals surface area contributed by atoms with Crippen LogP contribution in [0.5, 0.6) is 0 Å². The summed E-state index contributed by atoms with van der Waals surface area (Å²) in [7, 11) is 1.70. The zero-order valence-corrected chi connectivity index (χ0v) is 15.6. The van der Waals surface area contributed by atoms with Gasteiger partial charge in [0, 0.05) is 25.1 Å². The molecular formula is C19H24N4O3. The molecule has 0 saturated carbocycles. The van der Waals surface area contributed by atoms with Crippen LogP contribution in [0, 0.1) is 0 Å². The predicted molar refractivity (Wildman–Crippen MR) is 95.3 cm³/mol. The van der Waals surface area contributed by atoms with Gasteiger partial charge in [-0.05, 0) is 18.1 Å². The highest BCUT2D eigenvalue weighted by Crippen LogP contribution is 2.26. The Morgan fingerprint density at radius 2 is 2.08 bits per heavy atom. The molecule has 0 radical (unpaired) electrons. The topological polar surface area (TPSA) is 79.5 Å². The Hall–Kier alpha value is -2.70. The molecule has 1 unspecified atom stereocenters. The van der Waals surface area contributed by atoms with Crippen LogP contribution in [0.1, 0.15) is 60.7 Å². The quantitative estimate of drug-likeness (QED) is 0.795. The third-order valence-electron chi connectivity index (χ3n) is 4.63. The molecule has 1 atom stereocenters. The zero-order chi connectivity index (χ0) is 18.8. The van der Waals surface area contributed by atoms with Gasteiger partial charge in [-0.25, -0.2) is 0 Å². The van der Waals surface area contributed by atoms with Gasteiger partial charge in [-0.15, -0.1) is 0 Å². The summed E-state index contributed by atoms with van der Waals surface area (Å²) in [6, 6.07) is 6.99. The van der Waals surface area contributed by atoms with Crippen molar-refractivity contribution in [1.29, 1.82) is 0 Å². The molecule has 7 heteroatoms. The Morgan fingerprint density at radius 3 is 2.69 bits per heavy atom. The second-order valence-corrected chi connectivity index (χ2v) is 6.91. The number of rotatable bonds is 6. The summed E-state index contributed by atoms with van der Waals surface area (Å²) in [6.07, 6.45) is 0.548. The smallest absolute Gasteiger partial charge is 0.255 e. The molecule has 0 N–H and O–H groups in total. The molecule has 26 heavy (non-hydrogen) atoms. The average Bonchev–Trinajstić information content (AvgIpc) is 3.21. The maximum Gasteiger partial charge on any atom is 0.255 e. The Balaban J connectivity index is 1.71. The molecule has 138 valence electrons. The number of fused-ring (bicyclic) bond motifs is 1. The molecule has 0 aliphatic carbocycles. The third-order valence-corrected chi connectivity index (χ3v) is 4.63. The van der Waals surface area contributed by atoms with E-state index in [1.165, 1.54) is 0 Å². The molecule has 1 aromatic carbocycles. The fraction of sp³-hybridized carbons (Fsp3) is 0.474. The Labute approximate surface area is 153 Å². The molecule has 0 fully saturated rings. The van der Waals surface area contributed by atoms with Crippen LogP contribution < -0.4 is 0 Å². The van der Waals surface area contributed by atoms with Gasteiger partial charge in [-0.3, -0.25) is 9.59 Å². The van der Waals surface area contributed by atoms with E-state index in [0.717, 1.165) is 5.56 Å². The fourth-order valence-electron chi connectivity index (χ4n) is 3.17. The van der Waals surface area contributed by atoms with Gasteiger partial charge in [-0.2, -0.15) is 4.98 Å². The van der Waals surface area contributed by atoms with Gasteiger partial charge in [0.05, 0.1) is 6.54 Å². The van der Waals surface area contributed by atoms with Crippen molar-refractivity contribution < 1.29 is 14.1 Å². The number of carbonyl (C=O) groups is 2. The first-order valence-electron chi connectivity index (χ1n) is 8.88. The Bertz CT molecular complexity index is 815. The molecule has 0 saturated heterocycles. The lowest BCUT2D eigenvalue weighted by molar-refractivity contribution is -0.135. The zero-order valence-electron chi connectivity index (χ0n) is 15.6. The minimum atomic E-state index is -0.503. The molecule has 2 heterocycles. The molecule has 1 aliphatic rings. The van der Waals surface area contributed by atoms with Crippen LogP contribution in [0.2, 0.25) is 0 Å². The van der Waals surface area contributed by atoms with Gasteiger partial charge < -0.3 is 14.3 Å². The van der Waals surface area contributed by atoms with Crippen LogP contribution in [0.15, 0.2) is 28.8 Å². The SMILES string of the molecule is CCC(C(=O)N(C)Cc1noc(C(C)C)n1)N1Cc2ccccc2C1=O. The molecule has 7 nitrogen and oxygen atoms in total. The number of nitrogens with zero attached hydrogens (tertiary/aromatic N) is 4. The van der Waals surface area contributed by atoms with Crippen molar-refractivity contribution in [1.82, 2.24) is 19.9 Å². The summed E-state index contributed by atoms with van der Waals surface area (Å²) in [5.41, 5.74) is 1.65. The maximum atomic E-state index is 12.9. The average molecular weight is 356 g/mol. The van der Waals surface area contributed by atoms with Crippen LogP contribution in [0.4, 0.5) is 0 Å². The molecule has 2 amide bonds. The molecule has 2 aromatic rings. The van der Waals surface area contributed by atoms with Gasteiger partial charge in [-0.1, -0.05) is 44.1 Å². The number of carbonyl (C=O) groups excluding carboxylic acids is 2. The second-order valence-electron chi connectivity index (χ2n) is 6.91. The highest BCUT2D eigenvalue weighted by Gasteiger charge is 2.36. The van der Waals surface area contributed by atoms with Gasteiger partial charge in [0.1, 0.15) is 6.04 Å². The number of aromatic nitrogens is 2. The lowest BCUT2D eigenvalue weighted by Crippen LogP contribution is -2.47. The monoisotopic (exact) mass is 356 g/mol. The van der Waals surface area contributed by atoms with Crippen molar-refractivity contribution in [2.24, 2.45) is 0 Å².